The number of rotatable bonds is 5. The fourth-order valence-corrected chi connectivity index (χ4v) is 1.54. The topological polar surface area (TPSA) is 79.3 Å². The van der Waals surface area contributed by atoms with E-state index in [1.165, 1.54) is 12.3 Å². The Bertz CT molecular complexity index is 545. The third-order valence-electron chi connectivity index (χ3n) is 3.51. The van der Waals surface area contributed by atoms with E-state index in [2.05, 4.69) is 38.0 Å². The zero-order valence-corrected chi connectivity index (χ0v) is 12.9. The van der Waals surface area contributed by atoms with E-state index < -0.39 is 5.97 Å². The number of nitrogens with one attached hydrogen (secondary N) is 1. The van der Waals surface area contributed by atoms with Crippen LogP contribution in [0.5, 0.6) is 0 Å². The number of aliphatic carboxylic acids is 1. The Morgan fingerprint density at radius 2 is 2.10 bits per heavy atom. The number of carbonyl (C=O) groups excluding carboxylic acids is 1. The lowest BCUT2D eigenvalue weighted by molar-refractivity contribution is -0.131. The molecule has 0 aliphatic heterocycles. The number of pyridine rings is 1. The summed E-state index contributed by atoms with van der Waals surface area (Å²) in [6.45, 7) is 8.97. The van der Waals surface area contributed by atoms with Gasteiger partial charge in [-0.25, -0.2) is 4.79 Å². The van der Waals surface area contributed by atoms with Crippen LogP contribution in [0.4, 0.5) is 0 Å². The van der Waals surface area contributed by atoms with E-state index in [1.807, 2.05) is 0 Å². The molecule has 1 rings (SSSR count). The second-order valence-corrected chi connectivity index (χ2v) is 6.09. The average molecular weight is 290 g/mol. The molecule has 21 heavy (non-hydrogen) atoms. The summed E-state index contributed by atoms with van der Waals surface area (Å²) >= 11 is 0. The summed E-state index contributed by atoms with van der Waals surface area (Å²) in [6.07, 6.45) is 3.88. The highest BCUT2D eigenvalue weighted by Crippen LogP contribution is 2.24. The molecule has 1 aromatic heterocycles. The molecule has 0 aromatic carbocycles. The summed E-state index contributed by atoms with van der Waals surface area (Å²) in [5.74, 6) is -1.05. The van der Waals surface area contributed by atoms with Gasteiger partial charge in [-0.15, -0.1) is 0 Å². The Morgan fingerprint density at radius 3 is 2.67 bits per heavy atom. The molecule has 1 amide bonds. The third kappa shape index (κ3) is 5.38. The van der Waals surface area contributed by atoms with Crippen molar-refractivity contribution in [3.63, 3.8) is 0 Å². The van der Waals surface area contributed by atoms with Gasteiger partial charge in [0, 0.05) is 24.4 Å². The van der Waals surface area contributed by atoms with Crippen molar-refractivity contribution in [3.8, 4) is 0 Å². The molecular weight excluding hydrogens is 268 g/mol. The first kappa shape index (κ1) is 16.9. The molecule has 0 fully saturated rings. The Kier molecular flexibility index (Phi) is 5.64. The van der Waals surface area contributed by atoms with E-state index in [0.717, 1.165) is 6.08 Å². The molecule has 1 unspecified atom stereocenters. The van der Waals surface area contributed by atoms with Crippen molar-refractivity contribution in [2.75, 3.05) is 6.54 Å². The van der Waals surface area contributed by atoms with Crippen molar-refractivity contribution in [2.24, 2.45) is 11.3 Å². The van der Waals surface area contributed by atoms with Gasteiger partial charge in [0.15, 0.2) is 0 Å². The van der Waals surface area contributed by atoms with E-state index >= 15 is 0 Å². The SMILES string of the molecule is CC(CNC(=O)c1ncccc1/C=C/C(=O)O)C(C)(C)C. The van der Waals surface area contributed by atoms with Crippen LogP contribution in [-0.2, 0) is 4.79 Å². The standard InChI is InChI=1S/C16H22N2O3/c1-11(16(2,3)4)10-18-15(21)14-12(6-5-9-17-14)7-8-13(19)20/h5-9,11H,10H2,1-4H3,(H,18,21)(H,19,20)/b8-7+. The van der Waals surface area contributed by atoms with Crippen LogP contribution in [0.15, 0.2) is 24.4 Å². The lowest BCUT2D eigenvalue weighted by atomic mass is 9.82. The summed E-state index contributed by atoms with van der Waals surface area (Å²) in [6, 6.07) is 3.32. The molecule has 0 radical (unpaired) electrons. The van der Waals surface area contributed by atoms with Gasteiger partial charge >= 0.3 is 5.97 Å². The third-order valence-corrected chi connectivity index (χ3v) is 3.51. The molecule has 0 spiro atoms. The number of hydrogen-bond donors (Lipinski definition) is 2. The van der Waals surface area contributed by atoms with Crippen molar-refractivity contribution in [3.05, 3.63) is 35.7 Å². The maximum atomic E-state index is 12.2. The maximum absolute atomic E-state index is 12.2. The first-order chi connectivity index (χ1) is 9.71. The highest BCUT2D eigenvalue weighted by Gasteiger charge is 2.21. The Labute approximate surface area is 125 Å². The summed E-state index contributed by atoms with van der Waals surface area (Å²) in [7, 11) is 0. The number of carboxylic acid groups (broad SMARTS) is 1. The van der Waals surface area contributed by atoms with Gasteiger partial charge < -0.3 is 10.4 Å². The van der Waals surface area contributed by atoms with Crippen LogP contribution in [0.1, 0.15) is 43.7 Å². The fourth-order valence-electron chi connectivity index (χ4n) is 1.54. The lowest BCUT2D eigenvalue weighted by Crippen LogP contribution is -2.34. The van der Waals surface area contributed by atoms with Crippen molar-refractivity contribution in [1.82, 2.24) is 10.3 Å². The van der Waals surface area contributed by atoms with Crippen LogP contribution >= 0.6 is 0 Å². The van der Waals surface area contributed by atoms with Crippen molar-refractivity contribution in [2.45, 2.75) is 27.7 Å². The van der Waals surface area contributed by atoms with Crippen molar-refractivity contribution in [1.29, 1.82) is 0 Å². The average Bonchev–Trinajstić information content (AvgIpc) is 2.41. The van der Waals surface area contributed by atoms with E-state index in [9.17, 15) is 9.59 Å². The van der Waals surface area contributed by atoms with Gasteiger partial charge in [-0.05, 0) is 23.5 Å². The maximum Gasteiger partial charge on any atom is 0.328 e. The van der Waals surface area contributed by atoms with Gasteiger partial charge in [0.25, 0.3) is 5.91 Å². The second kappa shape index (κ2) is 7.02. The molecule has 5 heteroatoms. The van der Waals surface area contributed by atoms with Gasteiger partial charge in [0.05, 0.1) is 0 Å². The summed E-state index contributed by atoms with van der Waals surface area (Å²) in [5, 5.41) is 11.5. The first-order valence-corrected chi connectivity index (χ1v) is 6.86. The quantitative estimate of drug-likeness (QED) is 0.817. The molecule has 0 saturated carbocycles. The predicted molar refractivity (Wildman–Crippen MR) is 81.9 cm³/mol. The van der Waals surface area contributed by atoms with Crippen LogP contribution in [0, 0.1) is 11.3 Å². The summed E-state index contributed by atoms with van der Waals surface area (Å²) in [5.41, 5.74) is 0.820. The number of carbonyl (C=O) groups is 2. The second-order valence-electron chi connectivity index (χ2n) is 6.09. The molecular formula is C16H22N2O3. The molecule has 0 bridgehead atoms. The van der Waals surface area contributed by atoms with Crippen LogP contribution in [-0.4, -0.2) is 28.5 Å². The zero-order chi connectivity index (χ0) is 16.0. The summed E-state index contributed by atoms with van der Waals surface area (Å²) < 4.78 is 0. The van der Waals surface area contributed by atoms with Crippen LogP contribution < -0.4 is 5.32 Å². The lowest BCUT2D eigenvalue weighted by Gasteiger charge is -2.27. The number of hydrogen-bond acceptors (Lipinski definition) is 3. The minimum absolute atomic E-state index is 0.101. The van der Waals surface area contributed by atoms with E-state index in [4.69, 9.17) is 5.11 Å². The van der Waals surface area contributed by atoms with Crippen LogP contribution in [0.25, 0.3) is 6.08 Å². The first-order valence-electron chi connectivity index (χ1n) is 6.86. The van der Waals surface area contributed by atoms with Crippen LogP contribution in [0.2, 0.25) is 0 Å². The minimum Gasteiger partial charge on any atom is -0.478 e. The highest BCUT2D eigenvalue weighted by molar-refractivity contribution is 5.97. The van der Waals surface area contributed by atoms with Gasteiger partial charge in [-0.1, -0.05) is 33.8 Å². The van der Waals surface area contributed by atoms with Crippen molar-refractivity contribution < 1.29 is 14.7 Å². The Hall–Kier alpha value is -2.17. The molecule has 1 atom stereocenters. The molecule has 1 aromatic rings. The largest absolute Gasteiger partial charge is 0.478 e. The molecule has 114 valence electrons. The Morgan fingerprint density at radius 1 is 1.43 bits per heavy atom. The molecule has 5 nitrogen and oxygen atoms in total. The number of aromatic nitrogens is 1. The van der Waals surface area contributed by atoms with Gasteiger partial charge in [-0.3, -0.25) is 9.78 Å². The van der Waals surface area contributed by atoms with Gasteiger partial charge in [0.1, 0.15) is 5.69 Å². The summed E-state index contributed by atoms with van der Waals surface area (Å²) in [4.78, 5) is 26.8. The smallest absolute Gasteiger partial charge is 0.328 e. The van der Waals surface area contributed by atoms with Gasteiger partial charge in [0.2, 0.25) is 0 Å². The molecule has 1 heterocycles. The van der Waals surface area contributed by atoms with Crippen LogP contribution in [0.3, 0.4) is 0 Å². The number of carboxylic acids is 1. The van der Waals surface area contributed by atoms with E-state index in [0.29, 0.717) is 18.0 Å². The molecule has 0 aliphatic rings. The minimum atomic E-state index is -1.06. The van der Waals surface area contributed by atoms with Gasteiger partial charge in [-0.2, -0.15) is 0 Å². The zero-order valence-electron chi connectivity index (χ0n) is 12.9. The Balaban J connectivity index is 2.81. The predicted octanol–water partition coefficient (Wildman–Crippen LogP) is 2.59. The van der Waals surface area contributed by atoms with Crippen molar-refractivity contribution >= 4 is 18.0 Å². The normalized spacial score (nSPS) is 13.1. The fraction of sp³-hybridized carbons (Fsp3) is 0.438. The molecule has 0 saturated heterocycles. The number of amides is 1. The monoisotopic (exact) mass is 290 g/mol. The van der Waals surface area contributed by atoms with E-state index in [-0.39, 0.29) is 17.0 Å². The van der Waals surface area contributed by atoms with E-state index in [1.54, 1.807) is 12.1 Å². The molecule has 0 aliphatic carbocycles. The number of nitrogens with zero attached hydrogens (tertiary/aromatic N) is 1. The molecule has 2 N–H and O–H groups in total. The highest BCUT2D eigenvalue weighted by atomic mass is 16.4.